The monoisotopic (exact) mass is 213 g/mol. The summed E-state index contributed by atoms with van der Waals surface area (Å²) in [6.07, 6.45) is 5.15. The fourth-order valence-electron chi connectivity index (χ4n) is 2.51. The first-order valence-electron chi connectivity index (χ1n) is 5.71. The van der Waals surface area contributed by atoms with Crippen molar-refractivity contribution in [3.63, 3.8) is 0 Å². The van der Waals surface area contributed by atoms with E-state index >= 15 is 0 Å². The number of likely N-dealkylation sites (N-methyl/N-ethyl adjacent to an activating group) is 1. The molecule has 1 aliphatic carbocycles. The lowest BCUT2D eigenvalue weighted by atomic mass is 9.91. The second kappa shape index (κ2) is 3.60. The van der Waals surface area contributed by atoms with Gasteiger partial charge in [-0.3, -0.25) is 4.90 Å². The quantitative estimate of drug-likeness (QED) is 0.613. The highest BCUT2D eigenvalue weighted by molar-refractivity contribution is 5.59. The van der Waals surface area contributed by atoms with Crippen LogP contribution in [0.2, 0.25) is 0 Å². The second-order valence-corrected chi connectivity index (χ2v) is 4.36. The summed E-state index contributed by atoms with van der Waals surface area (Å²) in [6, 6.07) is 8.38. The van der Waals surface area contributed by atoms with E-state index in [4.69, 9.17) is 4.74 Å². The summed E-state index contributed by atoms with van der Waals surface area (Å²) in [5.74, 6) is 0. The van der Waals surface area contributed by atoms with E-state index in [0.29, 0.717) is 0 Å². The molecule has 1 atom stereocenters. The Morgan fingerprint density at radius 1 is 1.38 bits per heavy atom. The molecular formula is C14H15NO. The molecule has 0 amide bonds. The molecule has 1 aromatic carbocycles. The molecule has 2 aliphatic rings. The standard InChI is InChI=1S/C14H15NO/c1-15-10-5-11-16-14(15)9-4-7-12-6-2-3-8-13(12)14/h2-3,6-9H,5,10-11H2,1H3/t14-/m0/s1. The van der Waals surface area contributed by atoms with Crippen LogP contribution in [0.3, 0.4) is 0 Å². The summed E-state index contributed by atoms with van der Waals surface area (Å²) in [5.41, 5.74) is 5.27. The van der Waals surface area contributed by atoms with Gasteiger partial charge in [-0.15, -0.1) is 5.73 Å². The van der Waals surface area contributed by atoms with Crippen LogP contribution in [-0.2, 0) is 10.5 Å². The highest BCUT2D eigenvalue weighted by Gasteiger charge is 2.39. The molecule has 1 heterocycles. The van der Waals surface area contributed by atoms with Crippen molar-refractivity contribution in [3.8, 4) is 0 Å². The molecule has 82 valence electrons. The van der Waals surface area contributed by atoms with Crippen molar-refractivity contribution in [1.29, 1.82) is 0 Å². The molecule has 1 fully saturated rings. The number of hydrogen-bond acceptors (Lipinski definition) is 2. The second-order valence-electron chi connectivity index (χ2n) is 4.36. The summed E-state index contributed by atoms with van der Waals surface area (Å²) in [7, 11) is 2.11. The number of ether oxygens (including phenoxy) is 1. The molecule has 0 bridgehead atoms. The molecule has 0 saturated carbocycles. The Morgan fingerprint density at radius 3 is 3.12 bits per heavy atom. The van der Waals surface area contributed by atoms with Gasteiger partial charge in [0.15, 0.2) is 5.72 Å². The molecule has 3 rings (SSSR count). The van der Waals surface area contributed by atoms with Crippen molar-refractivity contribution >= 4 is 6.08 Å². The van der Waals surface area contributed by atoms with Gasteiger partial charge in [0.2, 0.25) is 0 Å². The number of fused-ring (bicyclic) bond motifs is 2. The lowest BCUT2D eigenvalue weighted by molar-refractivity contribution is -0.150. The Bertz CT molecular complexity index is 473. The Labute approximate surface area is 95.8 Å². The minimum atomic E-state index is -0.385. The average molecular weight is 213 g/mol. The van der Waals surface area contributed by atoms with Crippen LogP contribution in [0.1, 0.15) is 17.5 Å². The maximum atomic E-state index is 6.03. The van der Waals surface area contributed by atoms with Crippen LogP contribution in [0.4, 0.5) is 0 Å². The van der Waals surface area contributed by atoms with Gasteiger partial charge in [-0.2, -0.15) is 0 Å². The molecular weight excluding hydrogens is 198 g/mol. The van der Waals surface area contributed by atoms with Gasteiger partial charge in [0.1, 0.15) is 0 Å². The Morgan fingerprint density at radius 2 is 2.25 bits per heavy atom. The zero-order valence-corrected chi connectivity index (χ0v) is 9.44. The van der Waals surface area contributed by atoms with Crippen LogP contribution in [0.25, 0.3) is 6.08 Å². The predicted octanol–water partition coefficient (Wildman–Crippen LogP) is 2.37. The van der Waals surface area contributed by atoms with Crippen LogP contribution < -0.4 is 0 Å². The van der Waals surface area contributed by atoms with Gasteiger partial charge in [-0.25, -0.2) is 0 Å². The topological polar surface area (TPSA) is 12.5 Å². The van der Waals surface area contributed by atoms with E-state index in [2.05, 4.69) is 41.9 Å². The van der Waals surface area contributed by atoms with E-state index in [0.717, 1.165) is 19.6 Å². The van der Waals surface area contributed by atoms with Crippen LogP contribution in [0.5, 0.6) is 0 Å². The van der Waals surface area contributed by atoms with Gasteiger partial charge in [0, 0.05) is 18.2 Å². The first kappa shape index (κ1) is 9.86. The molecule has 0 unspecified atom stereocenters. The lowest BCUT2D eigenvalue weighted by Crippen LogP contribution is -2.49. The molecule has 16 heavy (non-hydrogen) atoms. The number of rotatable bonds is 0. The van der Waals surface area contributed by atoms with Crippen molar-refractivity contribution in [2.24, 2.45) is 0 Å². The highest BCUT2D eigenvalue weighted by Crippen LogP contribution is 2.37. The lowest BCUT2D eigenvalue weighted by Gasteiger charge is -2.44. The summed E-state index contributed by atoms with van der Waals surface area (Å²) >= 11 is 0. The van der Waals surface area contributed by atoms with Gasteiger partial charge in [-0.05, 0) is 25.1 Å². The fraction of sp³-hybridized carbons (Fsp3) is 0.357. The first-order chi connectivity index (χ1) is 7.83. The number of benzene rings is 1. The van der Waals surface area contributed by atoms with Gasteiger partial charge in [0.25, 0.3) is 0 Å². The molecule has 2 heteroatoms. The maximum absolute atomic E-state index is 6.03. The molecule has 1 spiro atoms. The van der Waals surface area contributed by atoms with Crippen molar-refractivity contribution < 1.29 is 4.74 Å². The fourth-order valence-corrected chi connectivity index (χ4v) is 2.51. The zero-order valence-electron chi connectivity index (χ0n) is 9.44. The minimum absolute atomic E-state index is 0.385. The smallest absolute Gasteiger partial charge is 0.174 e. The van der Waals surface area contributed by atoms with Crippen molar-refractivity contribution in [3.05, 3.63) is 47.2 Å². The van der Waals surface area contributed by atoms with E-state index in [1.807, 2.05) is 12.2 Å². The Kier molecular flexibility index (Phi) is 2.22. The van der Waals surface area contributed by atoms with E-state index in [9.17, 15) is 0 Å². The van der Waals surface area contributed by atoms with Crippen LogP contribution in [0.15, 0.2) is 36.1 Å². The largest absolute Gasteiger partial charge is 0.352 e. The van der Waals surface area contributed by atoms with Gasteiger partial charge >= 0.3 is 0 Å². The van der Waals surface area contributed by atoms with Crippen molar-refractivity contribution in [2.45, 2.75) is 12.1 Å². The van der Waals surface area contributed by atoms with E-state index in [1.54, 1.807) is 0 Å². The van der Waals surface area contributed by atoms with Gasteiger partial charge < -0.3 is 4.74 Å². The summed E-state index contributed by atoms with van der Waals surface area (Å²) in [6.45, 7) is 1.88. The third-order valence-electron chi connectivity index (χ3n) is 3.39. The predicted molar refractivity (Wildman–Crippen MR) is 63.9 cm³/mol. The highest BCUT2D eigenvalue weighted by atomic mass is 16.5. The Balaban J connectivity index is 2.18. The van der Waals surface area contributed by atoms with Crippen molar-refractivity contribution in [1.82, 2.24) is 4.90 Å². The van der Waals surface area contributed by atoms with E-state index < -0.39 is 0 Å². The van der Waals surface area contributed by atoms with Crippen LogP contribution >= 0.6 is 0 Å². The maximum Gasteiger partial charge on any atom is 0.174 e. The average Bonchev–Trinajstić information content (AvgIpc) is 2.34. The first-order valence-corrected chi connectivity index (χ1v) is 5.71. The molecule has 0 radical (unpaired) electrons. The summed E-state index contributed by atoms with van der Waals surface area (Å²) in [4.78, 5) is 2.26. The third-order valence-corrected chi connectivity index (χ3v) is 3.39. The SMILES string of the molecule is CN1CCCO[C@]12C=C=Cc1ccccc12. The zero-order chi connectivity index (χ0) is 11.0. The van der Waals surface area contributed by atoms with Crippen LogP contribution in [-0.4, -0.2) is 25.1 Å². The van der Waals surface area contributed by atoms with E-state index in [1.165, 1.54) is 11.1 Å². The van der Waals surface area contributed by atoms with Gasteiger partial charge in [0.05, 0.1) is 6.61 Å². The van der Waals surface area contributed by atoms with Crippen molar-refractivity contribution in [2.75, 3.05) is 20.2 Å². The Hall–Kier alpha value is -1.34. The molecule has 0 N–H and O–H groups in total. The number of nitrogens with zero attached hydrogens (tertiary/aromatic N) is 1. The summed E-state index contributed by atoms with van der Waals surface area (Å²) < 4.78 is 6.03. The molecule has 0 aromatic heterocycles. The third kappa shape index (κ3) is 1.28. The van der Waals surface area contributed by atoms with E-state index in [-0.39, 0.29) is 5.72 Å². The summed E-state index contributed by atoms with van der Waals surface area (Å²) in [5, 5.41) is 0. The molecule has 1 saturated heterocycles. The minimum Gasteiger partial charge on any atom is -0.352 e. The number of hydrogen-bond donors (Lipinski definition) is 0. The normalized spacial score (nSPS) is 28.3. The van der Waals surface area contributed by atoms with Crippen LogP contribution in [0, 0.1) is 0 Å². The van der Waals surface area contributed by atoms with Gasteiger partial charge in [-0.1, -0.05) is 24.3 Å². The molecule has 1 aromatic rings. The molecule has 1 aliphatic heterocycles. The molecule has 2 nitrogen and oxygen atoms in total.